The Morgan fingerprint density at radius 1 is 1.35 bits per heavy atom. The topological polar surface area (TPSA) is 77.3 Å². The first-order valence-electron chi connectivity index (χ1n) is 7.61. The summed E-state index contributed by atoms with van der Waals surface area (Å²) < 4.78 is 0. The number of carboxylic acids is 1. The van der Waals surface area contributed by atoms with Gasteiger partial charge < -0.3 is 15.3 Å². The molecule has 1 aliphatic rings. The number of anilines is 1. The van der Waals surface area contributed by atoms with E-state index in [1.807, 2.05) is 18.2 Å². The predicted molar refractivity (Wildman–Crippen MR) is 93.2 cm³/mol. The van der Waals surface area contributed by atoms with Crippen molar-refractivity contribution in [1.82, 2.24) is 5.32 Å². The van der Waals surface area contributed by atoms with Crippen molar-refractivity contribution in [3.8, 4) is 0 Å². The molecular weight excluding hydrogens is 292 g/mol. The summed E-state index contributed by atoms with van der Waals surface area (Å²) in [6.07, 6.45) is 3.24. The lowest BCUT2D eigenvalue weighted by Crippen LogP contribution is -2.36. The molecule has 1 aromatic rings. The van der Waals surface area contributed by atoms with Gasteiger partial charge in [-0.1, -0.05) is 18.2 Å². The molecule has 0 saturated carbocycles. The monoisotopic (exact) mass is 314 g/mol. The highest BCUT2D eigenvalue weighted by Crippen LogP contribution is 2.21. The lowest BCUT2D eigenvalue weighted by molar-refractivity contribution is -0.132. The third-order valence-electron chi connectivity index (χ3n) is 3.80. The van der Waals surface area contributed by atoms with Gasteiger partial charge in [-0.25, -0.2) is 14.8 Å². The van der Waals surface area contributed by atoms with Gasteiger partial charge in [0, 0.05) is 30.5 Å². The van der Waals surface area contributed by atoms with Gasteiger partial charge in [-0.2, -0.15) is 0 Å². The first kappa shape index (κ1) is 16.7. The van der Waals surface area contributed by atoms with Crippen molar-refractivity contribution in [2.75, 3.05) is 18.0 Å². The molecule has 6 nitrogen and oxygen atoms in total. The Bertz CT molecular complexity index is 602. The SMILES string of the molecule is C=NC(=NC1CCN(c2ccccc2)CC1)N/C=C(\C)C(=O)O. The van der Waals surface area contributed by atoms with Crippen LogP contribution in [0.25, 0.3) is 0 Å². The summed E-state index contributed by atoms with van der Waals surface area (Å²) in [4.78, 5) is 21.5. The van der Waals surface area contributed by atoms with Crippen LogP contribution in [0.5, 0.6) is 0 Å². The van der Waals surface area contributed by atoms with Crippen LogP contribution in [0.1, 0.15) is 19.8 Å². The van der Waals surface area contributed by atoms with Crippen molar-refractivity contribution in [1.29, 1.82) is 0 Å². The standard InChI is InChI=1S/C17H22N4O2/c1-13(16(22)23)12-19-17(18-2)20-14-8-10-21(11-9-14)15-6-4-3-5-7-15/h3-7,12,14H,2,8-11H2,1H3,(H,19,20)(H,22,23)/b13-12+. The minimum atomic E-state index is -0.975. The summed E-state index contributed by atoms with van der Waals surface area (Å²) in [5.74, 6) is -0.610. The zero-order chi connectivity index (χ0) is 16.7. The fourth-order valence-corrected chi connectivity index (χ4v) is 2.42. The van der Waals surface area contributed by atoms with Gasteiger partial charge in [-0.05, 0) is 38.6 Å². The molecule has 0 atom stereocenters. The Morgan fingerprint density at radius 3 is 2.57 bits per heavy atom. The van der Waals surface area contributed by atoms with E-state index in [2.05, 4.69) is 39.1 Å². The van der Waals surface area contributed by atoms with Crippen molar-refractivity contribution in [2.24, 2.45) is 9.98 Å². The number of nitrogens with zero attached hydrogens (tertiary/aromatic N) is 3. The van der Waals surface area contributed by atoms with Crippen molar-refractivity contribution in [3.63, 3.8) is 0 Å². The summed E-state index contributed by atoms with van der Waals surface area (Å²) >= 11 is 0. The minimum Gasteiger partial charge on any atom is -0.478 e. The quantitative estimate of drug-likeness (QED) is 0.508. The second-order valence-corrected chi connectivity index (χ2v) is 5.44. The number of hydrogen-bond acceptors (Lipinski definition) is 3. The van der Waals surface area contributed by atoms with Crippen LogP contribution in [0.3, 0.4) is 0 Å². The van der Waals surface area contributed by atoms with Crippen LogP contribution in [-0.4, -0.2) is 42.9 Å². The molecule has 2 N–H and O–H groups in total. The molecule has 1 heterocycles. The smallest absolute Gasteiger partial charge is 0.332 e. The summed E-state index contributed by atoms with van der Waals surface area (Å²) in [5.41, 5.74) is 1.43. The highest BCUT2D eigenvalue weighted by molar-refractivity contribution is 5.89. The molecule has 0 radical (unpaired) electrons. The lowest BCUT2D eigenvalue weighted by Gasteiger charge is -2.32. The zero-order valence-electron chi connectivity index (χ0n) is 13.3. The van der Waals surface area contributed by atoms with Crippen LogP contribution >= 0.6 is 0 Å². The maximum atomic E-state index is 10.8. The first-order valence-corrected chi connectivity index (χ1v) is 7.61. The molecule has 1 saturated heterocycles. The summed E-state index contributed by atoms with van der Waals surface area (Å²) in [5, 5.41) is 11.6. The third kappa shape index (κ3) is 4.95. The van der Waals surface area contributed by atoms with Crippen molar-refractivity contribution in [2.45, 2.75) is 25.8 Å². The molecule has 6 heteroatoms. The summed E-state index contributed by atoms with van der Waals surface area (Å²) in [7, 11) is 0. The van der Waals surface area contributed by atoms with Crippen LogP contribution in [0.4, 0.5) is 5.69 Å². The molecule has 1 aromatic carbocycles. The van der Waals surface area contributed by atoms with Crippen LogP contribution in [0.15, 0.2) is 52.1 Å². The van der Waals surface area contributed by atoms with E-state index >= 15 is 0 Å². The largest absolute Gasteiger partial charge is 0.478 e. The van der Waals surface area contributed by atoms with E-state index in [4.69, 9.17) is 5.11 Å². The van der Waals surface area contributed by atoms with E-state index in [0.717, 1.165) is 25.9 Å². The van der Waals surface area contributed by atoms with Crippen molar-refractivity contribution >= 4 is 24.3 Å². The average Bonchev–Trinajstić information content (AvgIpc) is 2.59. The number of aliphatic carboxylic acids is 1. The molecule has 1 aliphatic heterocycles. The van der Waals surface area contributed by atoms with Crippen molar-refractivity contribution in [3.05, 3.63) is 42.1 Å². The molecular formula is C17H22N4O2. The maximum absolute atomic E-state index is 10.8. The molecule has 2 rings (SSSR count). The molecule has 0 aliphatic carbocycles. The van der Waals surface area contributed by atoms with Crippen LogP contribution in [0, 0.1) is 0 Å². The van der Waals surface area contributed by atoms with Gasteiger partial charge >= 0.3 is 5.97 Å². The molecule has 1 fully saturated rings. The van der Waals surface area contributed by atoms with Crippen molar-refractivity contribution < 1.29 is 9.90 Å². The summed E-state index contributed by atoms with van der Waals surface area (Å²) in [6.45, 7) is 6.86. The highest BCUT2D eigenvalue weighted by atomic mass is 16.4. The van der Waals surface area contributed by atoms with E-state index in [0.29, 0.717) is 5.96 Å². The Labute approximate surface area is 136 Å². The Morgan fingerprint density at radius 2 is 2.00 bits per heavy atom. The molecule has 0 bridgehead atoms. The molecule has 0 amide bonds. The number of hydrogen-bond donors (Lipinski definition) is 2. The number of piperidine rings is 1. The number of nitrogens with one attached hydrogen (secondary N) is 1. The fraction of sp³-hybridized carbons (Fsp3) is 0.353. The fourth-order valence-electron chi connectivity index (χ4n) is 2.42. The number of aliphatic imine (C=N–C) groups is 2. The van der Waals surface area contributed by atoms with E-state index in [9.17, 15) is 4.79 Å². The molecule has 122 valence electrons. The summed E-state index contributed by atoms with van der Waals surface area (Å²) in [6, 6.07) is 10.5. The normalized spacial score (nSPS) is 17.0. The van der Waals surface area contributed by atoms with Gasteiger partial charge in [0.1, 0.15) is 0 Å². The third-order valence-corrected chi connectivity index (χ3v) is 3.80. The Hall–Kier alpha value is -2.63. The maximum Gasteiger partial charge on any atom is 0.332 e. The van der Waals surface area contributed by atoms with Gasteiger partial charge in [0.05, 0.1) is 6.04 Å². The van der Waals surface area contributed by atoms with E-state index in [-0.39, 0.29) is 11.6 Å². The van der Waals surface area contributed by atoms with E-state index in [1.54, 1.807) is 0 Å². The number of carbonyl (C=O) groups is 1. The Balaban J connectivity index is 1.92. The van der Waals surface area contributed by atoms with Gasteiger partial charge in [0.15, 0.2) is 0 Å². The molecule has 0 aromatic heterocycles. The molecule has 0 unspecified atom stereocenters. The van der Waals surface area contributed by atoms with E-state index in [1.165, 1.54) is 18.8 Å². The van der Waals surface area contributed by atoms with Crippen LogP contribution in [0.2, 0.25) is 0 Å². The zero-order valence-corrected chi connectivity index (χ0v) is 13.3. The van der Waals surface area contributed by atoms with Gasteiger partial charge in [0.25, 0.3) is 0 Å². The average molecular weight is 314 g/mol. The number of guanidine groups is 1. The van der Waals surface area contributed by atoms with Crippen LogP contribution in [-0.2, 0) is 4.79 Å². The lowest BCUT2D eigenvalue weighted by atomic mass is 10.1. The van der Waals surface area contributed by atoms with Gasteiger partial charge in [-0.3, -0.25) is 0 Å². The first-order chi connectivity index (χ1) is 11.1. The van der Waals surface area contributed by atoms with Gasteiger partial charge in [-0.15, -0.1) is 0 Å². The number of rotatable bonds is 4. The number of para-hydroxylation sites is 1. The molecule has 23 heavy (non-hydrogen) atoms. The second kappa shape index (κ2) is 8.12. The van der Waals surface area contributed by atoms with Gasteiger partial charge in [0.2, 0.25) is 5.96 Å². The Kier molecular flexibility index (Phi) is 5.91. The predicted octanol–water partition coefficient (Wildman–Crippen LogP) is 2.29. The second-order valence-electron chi connectivity index (χ2n) is 5.44. The highest BCUT2D eigenvalue weighted by Gasteiger charge is 2.19. The minimum absolute atomic E-state index is 0.168. The van der Waals surface area contributed by atoms with Crippen LogP contribution < -0.4 is 10.2 Å². The number of benzene rings is 1. The van der Waals surface area contributed by atoms with E-state index < -0.39 is 5.97 Å². The number of carboxylic acid groups (broad SMARTS) is 1. The molecule has 0 spiro atoms.